The van der Waals surface area contributed by atoms with Crippen molar-refractivity contribution in [1.29, 1.82) is 0 Å². The Labute approximate surface area is 170 Å². The van der Waals surface area contributed by atoms with Crippen LogP contribution in [0.15, 0.2) is 15.9 Å². The van der Waals surface area contributed by atoms with Crippen LogP contribution >= 0.6 is 38.6 Å². The second kappa shape index (κ2) is 11.2. The summed E-state index contributed by atoms with van der Waals surface area (Å²) < 4.78 is 1.30. The van der Waals surface area contributed by atoms with Crippen LogP contribution in [0.25, 0.3) is 9.75 Å². The third kappa shape index (κ3) is 6.27. The normalized spacial score (nSPS) is 11.0. The Morgan fingerprint density at radius 2 is 1.52 bits per heavy atom. The topological polar surface area (TPSA) is 0 Å². The van der Waals surface area contributed by atoms with Gasteiger partial charge >= 0.3 is 0 Å². The van der Waals surface area contributed by atoms with Gasteiger partial charge in [-0.15, -0.1) is 29.1 Å². The first kappa shape index (κ1) is 20.7. The fourth-order valence-corrected chi connectivity index (χ4v) is 6.00. The molecule has 2 rings (SSSR count). The Hall–Kier alpha value is -0.560. The van der Waals surface area contributed by atoms with Gasteiger partial charge in [0.05, 0.1) is 8.66 Å². The van der Waals surface area contributed by atoms with Gasteiger partial charge in [0.2, 0.25) is 0 Å². The molecule has 2 aromatic rings. The van der Waals surface area contributed by atoms with E-state index in [4.69, 9.17) is 6.42 Å². The summed E-state index contributed by atoms with van der Waals surface area (Å²) in [6.07, 6.45) is 18.4. The smallest absolute Gasteiger partial charge is 0.0775 e. The summed E-state index contributed by atoms with van der Waals surface area (Å²) in [5, 5.41) is 0. The lowest BCUT2D eigenvalue weighted by molar-refractivity contribution is 0.667. The molecule has 0 nitrogen and oxygen atoms in total. The van der Waals surface area contributed by atoms with E-state index in [2.05, 4.69) is 47.8 Å². The van der Waals surface area contributed by atoms with Gasteiger partial charge in [0, 0.05) is 9.75 Å². The van der Waals surface area contributed by atoms with Crippen LogP contribution in [-0.2, 0) is 12.8 Å². The van der Waals surface area contributed by atoms with Gasteiger partial charge in [0.25, 0.3) is 0 Å². The quantitative estimate of drug-likeness (QED) is 0.244. The molecule has 0 N–H and O–H groups in total. The lowest BCUT2D eigenvalue weighted by Gasteiger charge is -2.02. The molecule has 0 amide bonds. The zero-order valence-corrected chi connectivity index (χ0v) is 18.7. The van der Waals surface area contributed by atoms with Gasteiger partial charge in [-0.2, -0.15) is 0 Å². The highest BCUT2D eigenvalue weighted by molar-refractivity contribution is 9.11. The Morgan fingerprint density at radius 3 is 2.12 bits per heavy atom. The summed E-state index contributed by atoms with van der Waals surface area (Å²) in [6.45, 7) is 4.53. The van der Waals surface area contributed by atoms with Gasteiger partial charge in [0.1, 0.15) is 0 Å². The van der Waals surface area contributed by atoms with Crippen LogP contribution in [0.1, 0.15) is 81.2 Å². The molecule has 0 aromatic carbocycles. The highest BCUT2D eigenvalue weighted by Crippen LogP contribution is 2.41. The van der Waals surface area contributed by atoms with E-state index in [1.807, 2.05) is 11.3 Å². The zero-order chi connectivity index (χ0) is 18.1. The maximum atomic E-state index is 5.67. The molecule has 0 radical (unpaired) electrons. The molecule has 3 heteroatoms. The molecular formula is C22H29BrS2. The molecule has 0 bridgehead atoms. The first-order valence-corrected chi connectivity index (χ1v) is 12.0. The van der Waals surface area contributed by atoms with E-state index in [-0.39, 0.29) is 0 Å². The van der Waals surface area contributed by atoms with Crippen molar-refractivity contribution in [2.45, 2.75) is 78.1 Å². The fourth-order valence-electron chi connectivity index (χ4n) is 3.07. The zero-order valence-electron chi connectivity index (χ0n) is 15.5. The van der Waals surface area contributed by atoms with E-state index in [9.17, 15) is 0 Å². The predicted molar refractivity (Wildman–Crippen MR) is 119 cm³/mol. The number of hydrogen-bond donors (Lipinski definition) is 0. The molecule has 136 valence electrons. The molecule has 0 aliphatic rings. The van der Waals surface area contributed by atoms with Gasteiger partial charge in [-0.1, -0.05) is 58.3 Å². The van der Waals surface area contributed by atoms with Crippen LogP contribution in [0.4, 0.5) is 0 Å². The summed E-state index contributed by atoms with van der Waals surface area (Å²) in [5.74, 6) is 2.84. The standard InChI is InChI=1S/C22H29BrS2/c1-4-7-9-11-13-17-15-19(6-3)24-21(17)20-16-18(22(23)25-20)14-12-10-8-5-2/h3,15-16H,4-5,7-14H2,1-2H3. The first-order valence-electron chi connectivity index (χ1n) is 9.57. The molecule has 0 spiro atoms. The summed E-state index contributed by atoms with van der Waals surface area (Å²) in [7, 11) is 0. The molecular weight excluding hydrogens is 408 g/mol. The number of thiophene rings is 2. The SMILES string of the molecule is C#Cc1cc(CCCCCC)c(-c2cc(CCCCCC)c(Br)s2)s1. The highest BCUT2D eigenvalue weighted by Gasteiger charge is 2.15. The Kier molecular flexibility index (Phi) is 9.31. The predicted octanol–water partition coefficient (Wildman–Crippen LogP) is 8.47. The second-order valence-corrected chi connectivity index (χ2v) is 10.1. The maximum absolute atomic E-state index is 5.67. The van der Waals surface area contributed by atoms with Crippen LogP contribution in [-0.4, -0.2) is 0 Å². The van der Waals surface area contributed by atoms with Gasteiger partial charge in [-0.3, -0.25) is 0 Å². The molecule has 2 aromatic heterocycles. The van der Waals surface area contributed by atoms with Crippen molar-refractivity contribution >= 4 is 38.6 Å². The van der Waals surface area contributed by atoms with Crippen LogP contribution in [0.2, 0.25) is 0 Å². The molecule has 0 atom stereocenters. The number of terminal acetylenes is 1. The minimum absolute atomic E-state index is 1.06. The molecule has 0 saturated carbocycles. The minimum Gasteiger partial charge on any atom is -0.127 e. The van der Waals surface area contributed by atoms with Crippen molar-refractivity contribution in [2.75, 3.05) is 0 Å². The number of unbranched alkanes of at least 4 members (excludes halogenated alkanes) is 6. The lowest BCUT2D eigenvalue weighted by Crippen LogP contribution is -1.86. The second-order valence-electron chi connectivity index (χ2n) is 6.64. The van der Waals surface area contributed by atoms with E-state index < -0.39 is 0 Å². The van der Waals surface area contributed by atoms with Crippen molar-refractivity contribution in [3.63, 3.8) is 0 Å². The summed E-state index contributed by atoms with van der Waals surface area (Å²) in [6, 6.07) is 4.63. The molecule has 0 saturated heterocycles. The molecule has 25 heavy (non-hydrogen) atoms. The molecule has 0 aliphatic heterocycles. The fraction of sp³-hybridized carbons (Fsp3) is 0.545. The van der Waals surface area contributed by atoms with Crippen molar-refractivity contribution in [1.82, 2.24) is 0 Å². The molecule has 0 unspecified atom stereocenters. The highest BCUT2D eigenvalue weighted by atomic mass is 79.9. The Morgan fingerprint density at radius 1 is 0.880 bits per heavy atom. The van der Waals surface area contributed by atoms with E-state index in [1.54, 1.807) is 11.3 Å². The molecule has 2 heterocycles. The van der Waals surface area contributed by atoms with Gasteiger partial charge in [-0.25, -0.2) is 0 Å². The van der Waals surface area contributed by atoms with E-state index >= 15 is 0 Å². The summed E-state index contributed by atoms with van der Waals surface area (Å²) in [5.41, 5.74) is 2.91. The summed E-state index contributed by atoms with van der Waals surface area (Å²) in [4.78, 5) is 3.85. The van der Waals surface area contributed by atoms with Crippen LogP contribution in [0.5, 0.6) is 0 Å². The van der Waals surface area contributed by atoms with Gasteiger partial charge in [0.15, 0.2) is 0 Å². The number of halogens is 1. The Bertz CT molecular complexity index is 687. The van der Waals surface area contributed by atoms with Crippen LogP contribution < -0.4 is 0 Å². The number of aryl methyl sites for hydroxylation is 2. The lowest BCUT2D eigenvalue weighted by atomic mass is 10.1. The number of rotatable bonds is 11. The third-order valence-corrected chi connectivity index (χ3v) is 7.78. The third-order valence-electron chi connectivity index (χ3n) is 4.53. The average Bonchev–Trinajstić information content (AvgIpc) is 3.19. The maximum Gasteiger partial charge on any atom is 0.0775 e. The van der Waals surface area contributed by atoms with E-state index in [0.29, 0.717) is 0 Å². The van der Waals surface area contributed by atoms with Crippen molar-refractivity contribution < 1.29 is 0 Å². The first-order chi connectivity index (χ1) is 12.2. The van der Waals surface area contributed by atoms with Gasteiger partial charge in [-0.05, 0) is 64.9 Å². The largest absolute Gasteiger partial charge is 0.127 e. The number of hydrogen-bond acceptors (Lipinski definition) is 2. The molecule has 0 fully saturated rings. The van der Waals surface area contributed by atoms with Crippen LogP contribution in [0, 0.1) is 12.3 Å². The van der Waals surface area contributed by atoms with E-state index in [0.717, 1.165) is 11.3 Å². The monoisotopic (exact) mass is 436 g/mol. The molecule has 0 aliphatic carbocycles. The van der Waals surface area contributed by atoms with Crippen molar-refractivity contribution in [3.8, 4) is 22.1 Å². The minimum atomic E-state index is 1.06. The van der Waals surface area contributed by atoms with Crippen molar-refractivity contribution in [2.24, 2.45) is 0 Å². The Balaban J connectivity index is 2.11. The van der Waals surface area contributed by atoms with Crippen LogP contribution in [0.3, 0.4) is 0 Å². The average molecular weight is 438 g/mol. The van der Waals surface area contributed by atoms with E-state index in [1.165, 1.54) is 82.5 Å². The van der Waals surface area contributed by atoms with Crippen molar-refractivity contribution in [3.05, 3.63) is 31.9 Å². The summed E-state index contributed by atoms with van der Waals surface area (Å²) >= 11 is 7.44. The van der Waals surface area contributed by atoms with Gasteiger partial charge < -0.3 is 0 Å².